The first-order valence-corrected chi connectivity index (χ1v) is 10.6. The van der Waals surface area contributed by atoms with Crippen molar-refractivity contribution >= 4 is 24.5 Å². The first-order chi connectivity index (χ1) is 16.3. The molecule has 0 fully saturated rings. The maximum absolute atomic E-state index is 12.9. The molecule has 2 rings (SSSR count). The van der Waals surface area contributed by atoms with E-state index in [1.54, 1.807) is 6.92 Å². The van der Waals surface area contributed by atoms with Crippen molar-refractivity contribution in [1.29, 1.82) is 0 Å². The van der Waals surface area contributed by atoms with E-state index in [0.717, 1.165) is 17.2 Å². The van der Waals surface area contributed by atoms with Gasteiger partial charge in [0.1, 0.15) is 11.5 Å². The van der Waals surface area contributed by atoms with Gasteiger partial charge in [-0.15, -0.1) is 0 Å². The lowest BCUT2D eigenvalue weighted by Crippen LogP contribution is -2.32. The number of aliphatic imine (C=N–C) groups is 1. The number of nitrogens with one attached hydrogen (secondary N) is 2. The number of ether oxygens (including phenoxy) is 1. The highest BCUT2D eigenvalue weighted by molar-refractivity contribution is 5.96. The van der Waals surface area contributed by atoms with Crippen LogP contribution in [-0.4, -0.2) is 43.3 Å². The van der Waals surface area contributed by atoms with Gasteiger partial charge in [0.25, 0.3) is 11.8 Å². The molecule has 8 nitrogen and oxygen atoms in total. The molecule has 8 heteroatoms. The maximum Gasteiger partial charge on any atom is 0.310 e. The van der Waals surface area contributed by atoms with Crippen LogP contribution >= 0.6 is 0 Å². The summed E-state index contributed by atoms with van der Waals surface area (Å²) < 4.78 is 4.62. The second-order valence-electron chi connectivity index (χ2n) is 7.56. The number of carbonyl (C=O) groups is 3. The number of aliphatic hydroxyl groups is 1. The van der Waals surface area contributed by atoms with Crippen molar-refractivity contribution in [2.45, 2.75) is 19.9 Å². The molecule has 0 radical (unpaired) electrons. The lowest BCUT2D eigenvalue weighted by atomic mass is 9.98. The molecule has 0 aliphatic carbocycles. The summed E-state index contributed by atoms with van der Waals surface area (Å²) in [5.41, 5.74) is 1.54. The lowest BCUT2D eigenvalue weighted by Gasteiger charge is -2.20. The zero-order valence-corrected chi connectivity index (χ0v) is 19.4. The summed E-state index contributed by atoms with van der Waals surface area (Å²) in [4.78, 5) is 40.4. The minimum atomic E-state index is -0.656. The minimum absolute atomic E-state index is 0.00580. The fraction of sp³-hybridized carbons (Fsp3) is 0.231. The van der Waals surface area contributed by atoms with E-state index in [1.165, 1.54) is 14.0 Å². The van der Waals surface area contributed by atoms with Crippen LogP contribution in [0.2, 0.25) is 0 Å². The predicted molar refractivity (Wildman–Crippen MR) is 130 cm³/mol. The molecule has 0 saturated carbocycles. The zero-order chi connectivity index (χ0) is 25.1. The molecule has 0 spiro atoms. The maximum atomic E-state index is 12.9. The van der Waals surface area contributed by atoms with Gasteiger partial charge >= 0.3 is 5.97 Å². The first kappa shape index (κ1) is 26.1. The van der Waals surface area contributed by atoms with Crippen molar-refractivity contribution in [3.8, 4) is 0 Å². The van der Waals surface area contributed by atoms with Crippen molar-refractivity contribution in [2.24, 2.45) is 10.9 Å². The molecule has 2 aromatic rings. The summed E-state index contributed by atoms with van der Waals surface area (Å²) in [5, 5.41) is 15.9. The third kappa shape index (κ3) is 7.16. The molecule has 3 N–H and O–H groups in total. The van der Waals surface area contributed by atoms with Gasteiger partial charge in [0.2, 0.25) is 0 Å². The van der Waals surface area contributed by atoms with E-state index < -0.39 is 35.5 Å². The third-order valence-corrected chi connectivity index (χ3v) is 5.11. The second kappa shape index (κ2) is 12.7. The molecule has 178 valence electrons. The highest BCUT2D eigenvalue weighted by atomic mass is 16.5. The Labute approximate surface area is 199 Å². The van der Waals surface area contributed by atoms with Crippen molar-refractivity contribution in [2.75, 3.05) is 13.7 Å². The van der Waals surface area contributed by atoms with Gasteiger partial charge in [-0.1, -0.05) is 67.6 Å². The molecule has 0 heterocycles. The molecule has 0 aliphatic rings. The molecule has 2 aromatic carbocycles. The Bertz CT molecular complexity index is 1040. The van der Waals surface area contributed by atoms with E-state index >= 15 is 0 Å². The highest BCUT2D eigenvalue weighted by Gasteiger charge is 2.20. The van der Waals surface area contributed by atoms with Gasteiger partial charge < -0.3 is 20.5 Å². The second-order valence-corrected chi connectivity index (χ2v) is 7.56. The normalized spacial score (nSPS) is 12.9. The molecule has 0 aliphatic heterocycles. The quantitative estimate of drug-likeness (QED) is 0.164. The Morgan fingerprint density at radius 3 is 2.03 bits per heavy atom. The Kier molecular flexibility index (Phi) is 9.76. The fourth-order valence-corrected chi connectivity index (χ4v) is 3.05. The van der Waals surface area contributed by atoms with E-state index in [2.05, 4.69) is 27.1 Å². The van der Waals surface area contributed by atoms with Gasteiger partial charge in [0.05, 0.1) is 24.6 Å². The van der Waals surface area contributed by atoms with Crippen molar-refractivity contribution in [3.63, 3.8) is 0 Å². The molecule has 0 saturated heterocycles. The van der Waals surface area contributed by atoms with Gasteiger partial charge in [0, 0.05) is 12.6 Å². The number of carbonyl (C=O) groups excluding carboxylic acids is 3. The molecule has 34 heavy (non-hydrogen) atoms. The van der Waals surface area contributed by atoms with Crippen LogP contribution in [0.3, 0.4) is 0 Å². The first-order valence-electron chi connectivity index (χ1n) is 10.6. The minimum Gasteiger partial charge on any atom is -0.507 e. The van der Waals surface area contributed by atoms with Crippen molar-refractivity contribution in [3.05, 3.63) is 94.9 Å². The van der Waals surface area contributed by atoms with Gasteiger partial charge in [-0.2, -0.15) is 0 Å². The number of methoxy groups -OCH3 is 1. The van der Waals surface area contributed by atoms with Crippen LogP contribution in [-0.2, 0) is 19.1 Å². The van der Waals surface area contributed by atoms with Crippen LogP contribution in [0, 0.1) is 5.92 Å². The standard InChI is InChI=1S/C26H29N3O5/c1-17(26(33)34-4)16-28-25(32)21(27-3)15-22(30)18(2)24(31)29-23(19-11-7-5-8-12-19)20-13-9-6-10-14-20/h5-15,17,23,30H,3,16H2,1-2,4H3,(H,28,32)(H,29,31)/b21-15-,22-18-. The van der Waals surface area contributed by atoms with E-state index in [0.29, 0.717) is 0 Å². The van der Waals surface area contributed by atoms with Crippen LogP contribution in [0.1, 0.15) is 31.0 Å². The topological polar surface area (TPSA) is 117 Å². The number of amides is 2. The summed E-state index contributed by atoms with van der Waals surface area (Å²) in [7, 11) is 1.26. The number of allylic oxidation sites excluding steroid dienone is 1. The number of esters is 1. The molecule has 0 bridgehead atoms. The SMILES string of the molecule is C=N/C(=C\C(O)=C(/C)C(=O)NC(c1ccccc1)c1ccccc1)C(=O)NCC(C)C(=O)OC. The van der Waals surface area contributed by atoms with E-state index in [1.807, 2.05) is 60.7 Å². The van der Waals surface area contributed by atoms with Crippen molar-refractivity contribution < 1.29 is 24.2 Å². The van der Waals surface area contributed by atoms with Crippen molar-refractivity contribution in [1.82, 2.24) is 10.6 Å². The molecular formula is C26H29N3O5. The Morgan fingerprint density at radius 2 is 1.56 bits per heavy atom. The number of rotatable bonds is 10. The predicted octanol–water partition coefficient (Wildman–Crippen LogP) is 3.23. The highest BCUT2D eigenvalue weighted by Crippen LogP contribution is 2.22. The lowest BCUT2D eigenvalue weighted by molar-refractivity contribution is -0.144. The van der Waals surface area contributed by atoms with Gasteiger partial charge in [-0.05, 0) is 24.8 Å². The van der Waals surface area contributed by atoms with Gasteiger partial charge in [0.15, 0.2) is 0 Å². The smallest absolute Gasteiger partial charge is 0.310 e. The summed E-state index contributed by atoms with van der Waals surface area (Å²) in [6.07, 6.45) is 1.06. The summed E-state index contributed by atoms with van der Waals surface area (Å²) in [5.74, 6) is -2.65. The average Bonchev–Trinajstić information content (AvgIpc) is 2.88. The third-order valence-electron chi connectivity index (χ3n) is 5.11. The summed E-state index contributed by atoms with van der Waals surface area (Å²) >= 11 is 0. The fourth-order valence-electron chi connectivity index (χ4n) is 3.05. The molecule has 1 atom stereocenters. The Balaban J connectivity index is 2.21. The van der Waals surface area contributed by atoms with Crippen LogP contribution in [0.4, 0.5) is 0 Å². The zero-order valence-electron chi connectivity index (χ0n) is 19.4. The van der Waals surface area contributed by atoms with Crippen LogP contribution in [0.15, 0.2) is 88.8 Å². The molecular weight excluding hydrogens is 434 g/mol. The summed E-state index contributed by atoms with van der Waals surface area (Å²) in [6.45, 7) is 6.38. The largest absolute Gasteiger partial charge is 0.507 e. The molecule has 1 unspecified atom stereocenters. The van der Waals surface area contributed by atoms with Crippen LogP contribution in [0.25, 0.3) is 0 Å². The number of hydrogen-bond donors (Lipinski definition) is 3. The van der Waals surface area contributed by atoms with E-state index in [-0.39, 0.29) is 17.8 Å². The Hall–Kier alpha value is -4.20. The number of nitrogens with zero attached hydrogens (tertiary/aromatic N) is 1. The monoisotopic (exact) mass is 463 g/mol. The average molecular weight is 464 g/mol. The Morgan fingerprint density at radius 1 is 1.03 bits per heavy atom. The summed E-state index contributed by atoms with van der Waals surface area (Å²) in [6, 6.07) is 18.4. The number of aliphatic hydroxyl groups excluding tert-OH is 1. The van der Waals surface area contributed by atoms with Crippen LogP contribution in [0.5, 0.6) is 0 Å². The van der Waals surface area contributed by atoms with E-state index in [4.69, 9.17) is 0 Å². The molecule has 0 aromatic heterocycles. The van der Waals surface area contributed by atoms with E-state index in [9.17, 15) is 19.5 Å². The number of benzene rings is 2. The number of hydrogen-bond acceptors (Lipinski definition) is 6. The van der Waals surface area contributed by atoms with Crippen LogP contribution < -0.4 is 10.6 Å². The van der Waals surface area contributed by atoms with Gasteiger partial charge in [-0.25, -0.2) is 0 Å². The molecule has 2 amide bonds. The van der Waals surface area contributed by atoms with Gasteiger partial charge in [-0.3, -0.25) is 19.4 Å².